The summed E-state index contributed by atoms with van der Waals surface area (Å²) >= 11 is 0. The SMILES string of the molecule is CC(C)S(=O)(=O)CCNCCC1CCCC1. The topological polar surface area (TPSA) is 46.2 Å². The predicted molar refractivity (Wildman–Crippen MR) is 68.4 cm³/mol. The molecule has 1 aliphatic carbocycles. The summed E-state index contributed by atoms with van der Waals surface area (Å²) in [6.45, 7) is 5.06. The quantitative estimate of drug-likeness (QED) is 0.700. The smallest absolute Gasteiger partial charge is 0.153 e. The first kappa shape index (κ1) is 14.0. The third kappa shape index (κ3) is 4.83. The van der Waals surface area contributed by atoms with Gasteiger partial charge in [-0.15, -0.1) is 0 Å². The highest BCUT2D eigenvalue weighted by Gasteiger charge is 2.16. The minimum absolute atomic E-state index is 0.246. The predicted octanol–water partition coefficient (Wildman–Crippen LogP) is 1.98. The summed E-state index contributed by atoms with van der Waals surface area (Å²) in [5.74, 6) is 1.16. The highest BCUT2D eigenvalue weighted by molar-refractivity contribution is 7.92. The molecule has 0 atom stereocenters. The molecule has 0 amide bonds. The average Bonchev–Trinajstić information content (AvgIpc) is 2.69. The lowest BCUT2D eigenvalue weighted by molar-refractivity contribution is 0.481. The Hall–Kier alpha value is -0.0900. The van der Waals surface area contributed by atoms with Crippen LogP contribution >= 0.6 is 0 Å². The lowest BCUT2D eigenvalue weighted by Gasteiger charge is -2.11. The van der Waals surface area contributed by atoms with Gasteiger partial charge in [-0.2, -0.15) is 0 Å². The molecule has 0 spiro atoms. The molecule has 0 saturated heterocycles. The van der Waals surface area contributed by atoms with Crippen molar-refractivity contribution in [2.75, 3.05) is 18.8 Å². The monoisotopic (exact) mass is 247 g/mol. The van der Waals surface area contributed by atoms with E-state index >= 15 is 0 Å². The fraction of sp³-hybridized carbons (Fsp3) is 1.00. The summed E-state index contributed by atoms with van der Waals surface area (Å²) in [4.78, 5) is 0. The molecule has 16 heavy (non-hydrogen) atoms. The van der Waals surface area contributed by atoms with Gasteiger partial charge < -0.3 is 5.32 Å². The molecule has 0 heterocycles. The third-order valence-corrected chi connectivity index (χ3v) is 5.70. The normalized spacial score (nSPS) is 18.4. The number of hydrogen-bond donors (Lipinski definition) is 1. The van der Waals surface area contributed by atoms with E-state index in [2.05, 4.69) is 5.32 Å². The molecule has 1 N–H and O–H groups in total. The van der Waals surface area contributed by atoms with E-state index in [4.69, 9.17) is 0 Å². The third-order valence-electron chi connectivity index (χ3n) is 3.49. The Morgan fingerprint density at radius 1 is 1.19 bits per heavy atom. The standard InChI is InChI=1S/C12H25NO2S/c1-11(2)16(14,15)10-9-13-8-7-12-5-3-4-6-12/h11-13H,3-10H2,1-2H3. The Morgan fingerprint density at radius 2 is 1.81 bits per heavy atom. The van der Waals surface area contributed by atoms with Crippen molar-refractivity contribution in [1.82, 2.24) is 5.32 Å². The molecular weight excluding hydrogens is 222 g/mol. The minimum Gasteiger partial charge on any atom is -0.316 e. The molecule has 3 nitrogen and oxygen atoms in total. The van der Waals surface area contributed by atoms with Gasteiger partial charge in [0.1, 0.15) is 0 Å². The first-order valence-electron chi connectivity index (χ1n) is 6.44. The van der Waals surface area contributed by atoms with Gasteiger partial charge in [0, 0.05) is 6.54 Å². The van der Waals surface area contributed by atoms with Crippen molar-refractivity contribution < 1.29 is 8.42 Å². The zero-order chi connectivity index (χ0) is 12.0. The van der Waals surface area contributed by atoms with Crippen LogP contribution in [-0.2, 0) is 9.84 Å². The lowest BCUT2D eigenvalue weighted by Crippen LogP contribution is -2.28. The van der Waals surface area contributed by atoms with Crippen LogP contribution in [0.1, 0.15) is 46.0 Å². The van der Waals surface area contributed by atoms with E-state index in [1.807, 2.05) is 0 Å². The number of nitrogens with one attached hydrogen (secondary N) is 1. The fourth-order valence-electron chi connectivity index (χ4n) is 2.18. The van der Waals surface area contributed by atoms with Crippen molar-refractivity contribution in [2.45, 2.75) is 51.2 Å². The van der Waals surface area contributed by atoms with Crippen molar-refractivity contribution in [2.24, 2.45) is 5.92 Å². The molecule has 96 valence electrons. The second-order valence-corrected chi connectivity index (χ2v) is 7.78. The highest BCUT2D eigenvalue weighted by atomic mass is 32.2. The molecule has 1 aliphatic rings. The van der Waals surface area contributed by atoms with Gasteiger partial charge in [-0.3, -0.25) is 0 Å². The Bertz CT molecular complexity index is 279. The van der Waals surface area contributed by atoms with E-state index in [9.17, 15) is 8.42 Å². The highest BCUT2D eigenvalue weighted by Crippen LogP contribution is 2.26. The molecule has 1 saturated carbocycles. The van der Waals surface area contributed by atoms with Gasteiger partial charge in [0.2, 0.25) is 0 Å². The van der Waals surface area contributed by atoms with Gasteiger partial charge in [0.05, 0.1) is 11.0 Å². The molecule has 0 aromatic rings. The maximum Gasteiger partial charge on any atom is 0.153 e. The summed E-state index contributed by atoms with van der Waals surface area (Å²) in [5, 5.41) is 3.00. The van der Waals surface area contributed by atoms with Crippen LogP contribution in [0.4, 0.5) is 0 Å². The van der Waals surface area contributed by atoms with Gasteiger partial charge in [-0.1, -0.05) is 25.7 Å². The van der Waals surface area contributed by atoms with Crippen LogP contribution in [0.2, 0.25) is 0 Å². The van der Waals surface area contributed by atoms with Gasteiger partial charge in [0.15, 0.2) is 9.84 Å². The zero-order valence-corrected chi connectivity index (χ0v) is 11.4. The second kappa shape index (κ2) is 6.60. The molecule has 0 aliphatic heterocycles. The van der Waals surface area contributed by atoms with E-state index in [1.165, 1.54) is 32.1 Å². The molecule has 0 bridgehead atoms. The summed E-state index contributed by atoms with van der Waals surface area (Å²) in [7, 11) is -2.86. The first-order chi connectivity index (χ1) is 7.52. The molecule has 1 rings (SSSR count). The molecular formula is C12H25NO2S. The Morgan fingerprint density at radius 3 is 2.38 bits per heavy atom. The van der Waals surface area contributed by atoms with Gasteiger partial charge in [0.25, 0.3) is 0 Å². The van der Waals surface area contributed by atoms with Crippen LogP contribution in [-0.4, -0.2) is 32.5 Å². The van der Waals surface area contributed by atoms with Crippen molar-refractivity contribution >= 4 is 9.84 Å². The summed E-state index contributed by atoms with van der Waals surface area (Å²) in [6, 6.07) is 0. The van der Waals surface area contributed by atoms with Crippen LogP contribution in [0.3, 0.4) is 0 Å². The Kier molecular flexibility index (Phi) is 5.76. The van der Waals surface area contributed by atoms with Gasteiger partial charge >= 0.3 is 0 Å². The van der Waals surface area contributed by atoms with E-state index < -0.39 is 9.84 Å². The van der Waals surface area contributed by atoms with E-state index in [0.29, 0.717) is 6.54 Å². The zero-order valence-electron chi connectivity index (χ0n) is 10.5. The number of rotatable bonds is 7. The van der Waals surface area contributed by atoms with Crippen LogP contribution in [0.5, 0.6) is 0 Å². The largest absolute Gasteiger partial charge is 0.316 e. The lowest BCUT2D eigenvalue weighted by atomic mass is 10.0. The molecule has 0 unspecified atom stereocenters. The summed E-state index contributed by atoms with van der Waals surface area (Å²) < 4.78 is 23.0. The van der Waals surface area contributed by atoms with Gasteiger partial charge in [-0.25, -0.2) is 8.42 Å². The van der Waals surface area contributed by atoms with Crippen LogP contribution in [0, 0.1) is 5.92 Å². The van der Waals surface area contributed by atoms with E-state index in [1.54, 1.807) is 13.8 Å². The van der Waals surface area contributed by atoms with Crippen molar-refractivity contribution in [3.63, 3.8) is 0 Å². The Labute approximate surface area is 99.9 Å². The van der Waals surface area contributed by atoms with E-state index in [0.717, 1.165) is 12.5 Å². The van der Waals surface area contributed by atoms with Crippen LogP contribution < -0.4 is 5.32 Å². The fourth-order valence-corrected chi connectivity index (χ4v) is 3.08. The summed E-state index contributed by atoms with van der Waals surface area (Å²) in [5.41, 5.74) is 0. The maximum absolute atomic E-state index is 11.5. The van der Waals surface area contributed by atoms with Crippen molar-refractivity contribution in [1.29, 1.82) is 0 Å². The van der Waals surface area contributed by atoms with Crippen LogP contribution in [0.25, 0.3) is 0 Å². The second-order valence-electron chi connectivity index (χ2n) is 5.10. The van der Waals surface area contributed by atoms with Crippen molar-refractivity contribution in [3.05, 3.63) is 0 Å². The minimum atomic E-state index is -2.86. The van der Waals surface area contributed by atoms with E-state index in [-0.39, 0.29) is 11.0 Å². The molecule has 1 fully saturated rings. The first-order valence-corrected chi connectivity index (χ1v) is 8.16. The van der Waals surface area contributed by atoms with Gasteiger partial charge in [-0.05, 0) is 32.7 Å². The Balaban J connectivity index is 2.03. The van der Waals surface area contributed by atoms with Crippen molar-refractivity contribution in [3.8, 4) is 0 Å². The average molecular weight is 247 g/mol. The van der Waals surface area contributed by atoms with Crippen LogP contribution in [0.15, 0.2) is 0 Å². The summed E-state index contributed by atoms with van der Waals surface area (Å²) in [6.07, 6.45) is 6.71. The number of sulfone groups is 1. The molecule has 4 heteroatoms. The maximum atomic E-state index is 11.5. The molecule has 0 aromatic carbocycles. The number of hydrogen-bond acceptors (Lipinski definition) is 3. The molecule has 0 aromatic heterocycles. The molecule has 0 radical (unpaired) electrons.